The van der Waals surface area contributed by atoms with Crippen molar-refractivity contribution in [1.82, 2.24) is 9.97 Å². The average molecular weight is 388 g/mol. The third-order valence-electron chi connectivity index (χ3n) is 4.21. The monoisotopic (exact) mass is 387 g/mol. The van der Waals surface area contributed by atoms with E-state index in [0.717, 1.165) is 29.9 Å². The van der Waals surface area contributed by atoms with Crippen LogP contribution in [0.15, 0.2) is 12.3 Å². The Balaban J connectivity index is 2.01. The Kier molecular flexibility index (Phi) is 5.41. The molecule has 138 valence electrons. The van der Waals surface area contributed by atoms with Crippen LogP contribution in [0.2, 0.25) is 0 Å². The number of nitrogens with zero attached hydrogens (tertiary/aromatic N) is 3. The Morgan fingerprint density at radius 1 is 1.08 bits per heavy atom. The summed E-state index contributed by atoms with van der Waals surface area (Å²) >= 11 is 5.58. The molecule has 0 unspecified atom stereocenters. The number of fused-ring (bicyclic) bond motifs is 1. The number of hydrogen-bond acceptors (Lipinski definition) is 3. The molecule has 4 nitrogen and oxygen atoms in total. The van der Waals surface area contributed by atoms with Gasteiger partial charge in [-0.05, 0) is 25.7 Å². The molecule has 0 aliphatic heterocycles. The minimum atomic E-state index is -1.81. The average Bonchev–Trinajstić information content (AvgIpc) is 2.65. The summed E-state index contributed by atoms with van der Waals surface area (Å²) in [7, 11) is 0. The number of aryl methyl sites for hydroxylation is 2. The molecule has 0 fully saturated rings. The van der Waals surface area contributed by atoms with Crippen LogP contribution >= 0.6 is 11.6 Å². The zero-order valence-corrected chi connectivity index (χ0v) is 14.3. The normalized spacial score (nSPS) is 13.4. The van der Waals surface area contributed by atoms with Crippen molar-refractivity contribution in [2.24, 2.45) is 0 Å². The molecule has 1 amide bonds. The first-order valence-electron chi connectivity index (χ1n) is 7.95. The highest BCUT2D eigenvalue weighted by molar-refractivity contribution is 6.29. The van der Waals surface area contributed by atoms with E-state index < -0.39 is 47.2 Å². The summed E-state index contributed by atoms with van der Waals surface area (Å²) < 4.78 is 54.5. The molecule has 0 bridgehead atoms. The lowest BCUT2D eigenvalue weighted by atomic mass is 10.0. The van der Waals surface area contributed by atoms with Gasteiger partial charge in [-0.25, -0.2) is 22.5 Å². The molecule has 0 saturated carbocycles. The van der Waals surface area contributed by atoms with Crippen LogP contribution in [0.5, 0.6) is 0 Å². The van der Waals surface area contributed by atoms with Crippen LogP contribution in [-0.2, 0) is 24.2 Å². The molecule has 1 aromatic carbocycles. The molecular weight excluding hydrogens is 374 g/mol. The van der Waals surface area contributed by atoms with E-state index in [1.54, 1.807) is 0 Å². The van der Waals surface area contributed by atoms with Crippen molar-refractivity contribution >= 4 is 23.3 Å². The lowest BCUT2D eigenvalue weighted by Gasteiger charge is -2.23. The zero-order chi connectivity index (χ0) is 18.8. The van der Waals surface area contributed by atoms with E-state index in [0.29, 0.717) is 12.1 Å². The molecule has 3 rings (SSSR count). The van der Waals surface area contributed by atoms with Crippen molar-refractivity contribution in [2.75, 3.05) is 10.8 Å². The zero-order valence-electron chi connectivity index (χ0n) is 13.5. The summed E-state index contributed by atoms with van der Waals surface area (Å²) in [6.45, 7) is -0.687. The minimum Gasteiger partial charge on any atom is -0.290 e. The second kappa shape index (κ2) is 7.57. The summed E-state index contributed by atoms with van der Waals surface area (Å²) in [4.78, 5) is 21.7. The highest BCUT2D eigenvalue weighted by atomic mass is 35.5. The quantitative estimate of drug-likeness (QED) is 0.348. The Bertz CT molecular complexity index is 862. The smallest absolute Gasteiger partial charge is 0.243 e. The summed E-state index contributed by atoms with van der Waals surface area (Å²) in [5.74, 6) is -7.57. The number of anilines is 1. The number of aromatic nitrogens is 2. The van der Waals surface area contributed by atoms with Gasteiger partial charge in [0, 0.05) is 11.6 Å². The molecule has 0 saturated heterocycles. The first-order chi connectivity index (χ1) is 12.4. The van der Waals surface area contributed by atoms with Gasteiger partial charge in [-0.15, -0.1) is 11.6 Å². The summed E-state index contributed by atoms with van der Waals surface area (Å²) in [5.41, 5.74) is 0.720. The molecule has 1 heterocycles. The Morgan fingerprint density at radius 2 is 1.77 bits per heavy atom. The van der Waals surface area contributed by atoms with Gasteiger partial charge >= 0.3 is 0 Å². The Morgan fingerprint density at radius 3 is 2.46 bits per heavy atom. The van der Waals surface area contributed by atoms with E-state index in [-0.39, 0.29) is 11.9 Å². The maximum absolute atomic E-state index is 14.0. The SMILES string of the molecule is O=C(CCl)N(Cc1c(F)cc(F)c(F)c1F)c1cnc2c(n1)CCCC2. The van der Waals surface area contributed by atoms with E-state index in [1.807, 2.05) is 0 Å². The number of halogens is 5. The predicted octanol–water partition coefficient (Wildman–Crippen LogP) is 3.68. The Hall–Kier alpha value is -2.22. The topological polar surface area (TPSA) is 46.1 Å². The van der Waals surface area contributed by atoms with E-state index in [1.165, 1.54) is 6.20 Å². The Labute approximate surface area is 151 Å². The van der Waals surface area contributed by atoms with Crippen molar-refractivity contribution < 1.29 is 22.4 Å². The fourth-order valence-electron chi connectivity index (χ4n) is 2.84. The third kappa shape index (κ3) is 3.51. The number of amides is 1. The highest BCUT2D eigenvalue weighted by Crippen LogP contribution is 2.25. The van der Waals surface area contributed by atoms with E-state index in [9.17, 15) is 22.4 Å². The van der Waals surface area contributed by atoms with Crippen LogP contribution in [0.1, 0.15) is 29.8 Å². The van der Waals surface area contributed by atoms with Gasteiger partial charge in [-0.2, -0.15) is 0 Å². The van der Waals surface area contributed by atoms with Gasteiger partial charge in [0.1, 0.15) is 11.7 Å². The van der Waals surface area contributed by atoms with Crippen molar-refractivity contribution in [1.29, 1.82) is 0 Å². The van der Waals surface area contributed by atoms with Gasteiger partial charge < -0.3 is 0 Å². The molecule has 0 spiro atoms. The molecule has 1 aliphatic carbocycles. The number of benzene rings is 1. The lowest BCUT2D eigenvalue weighted by molar-refractivity contribution is -0.116. The fourth-order valence-corrected chi connectivity index (χ4v) is 2.99. The van der Waals surface area contributed by atoms with Crippen LogP contribution in [-0.4, -0.2) is 21.8 Å². The van der Waals surface area contributed by atoms with Crippen LogP contribution in [0.3, 0.4) is 0 Å². The number of alkyl halides is 1. The van der Waals surface area contributed by atoms with E-state index in [4.69, 9.17) is 11.6 Å². The first-order valence-corrected chi connectivity index (χ1v) is 8.48. The van der Waals surface area contributed by atoms with Gasteiger partial charge in [0.15, 0.2) is 23.3 Å². The van der Waals surface area contributed by atoms with Crippen LogP contribution < -0.4 is 4.90 Å². The minimum absolute atomic E-state index is 0.0554. The number of hydrogen-bond donors (Lipinski definition) is 0. The maximum Gasteiger partial charge on any atom is 0.243 e. The van der Waals surface area contributed by atoms with Gasteiger partial charge in [0.05, 0.1) is 24.1 Å². The van der Waals surface area contributed by atoms with E-state index >= 15 is 0 Å². The molecule has 0 atom stereocenters. The number of carbonyl (C=O) groups excluding carboxylic acids is 1. The first kappa shape index (κ1) is 18.6. The van der Waals surface area contributed by atoms with Crippen LogP contribution in [0, 0.1) is 23.3 Å². The number of carbonyl (C=O) groups is 1. The molecule has 26 heavy (non-hydrogen) atoms. The van der Waals surface area contributed by atoms with Gasteiger partial charge in [-0.3, -0.25) is 14.7 Å². The van der Waals surface area contributed by atoms with Crippen molar-refractivity contribution in [2.45, 2.75) is 32.2 Å². The standard InChI is InChI=1S/C17H14ClF4N3O/c18-6-15(26)25(8-9-10(19)5-11(20)17(22)16(9)21)14-7-23-12-3-1-2-4-13(12)24-14/h5,7H,1-4,6,8H2. The largest absolute Gasteiger partial charge is 0.290 e. The summed E-state index contributed by atoms with van der Waals surface area (Å²) in [5, 5.41) is 0. The van der Waals surface area contributed by atoms with Crippen molar-refractivity contribution in [3.63, 3.8) is 0 Å². The van der Waals surface area contributed by atoms with Gasteiger partial charge in [0.2, 0.25) is 5.91 Å². The fraction of sp³-hybridized carbons (Fsp3) is 0.353. The van der Waals surface area contributed by atoms with E-state index in [2.05, 4.69) is 9.97 Å². The third-order valence-corrected chi connectivity index (χ3v) is 4.44. The molecule has 1 aliphatic rings. The molecular formula is C17H14ClF4N3O. The summed E-state index contributed by atoms with van der Waals surface area (Å²) in [6, 6.07) is 0.232. The van der Waals surface area contributed by atoms with Crippen molar-refractivity contribution in [3.05, 3.63) is 52.5 Å². The highest BCUT2D eigenvalue weighted by Gasteiger charge is 2.25. The van der Waals surface area contributed by atoms with Crippen molar-refractivity contribution in [3.8, 4) is 0 Å². The van der Waals surface area contributed by atoms with Gasteiger partial charge in [-0.1, -0.05) is 0 Å². The predicted molar refractivity (Wildman–Crippen MR) is 86.9 cm³/mol. The molecule has 2 aromatic rings. The number of rotatable bonds is 4. The molecule has 0 N–H and O–H groups in total. The molecule has 0 radical (unpaired) electrons. The van der Waals surface area contributed by atoms with Gasteiger partial charge in [0.25, 0.3) is 0 Å². The maximum atomic E-state index is 14.0. The molecule has 9 heteroatoms. The molecule has 1 aromatic heterocycles. The van der Waals surface area contributed by atoms with Crippen LogP contribution in [0.4, 0.5) is 23.4 Å². The van der Waals surface area contributed by atoms with Crippen LogP contribution in [0.25, 0.3) is 0 Å². The summed E-state index contributed by atoms with van der Waals surface area (Å²) in [6.07, 6.45) is 4.65. The second-order valence-electron chi connectivity index (χ2n) is 5.89. The lowest BCUT2D eigenvalue weighted by Crippen LogP contribution is -2.33. The second-order valence-corrected chi connectivity index (χ2v) is 6.16.